The SMILES string of the molecule is COCCOCCOCCOCCOCCC1(C)C(/C=C/C=C2/N(CCCS(=O)(=O)O)c3ccc(S(=O)(=O)[O-])cc3C2(C)CCOCCOCCOCCOCCOC)=[N+](CCCCCC(=O)O)c2ccc(S(=O)(=O)O)cc21. The van der Waals surface area contributed by atoms with E-state index in [1.165, 1.54) is 30.3 Å². The van der Waals surface area contributed by atoms with Gasteiger partial charge in [-0.05, 0) is 87.9 Å². The van der Waals surface area contributed by atoms with Crippen molar-refractivity contribution < 1.29 is 101 Å². The molecule has 442 valence electrons. The molecule has 23 nitrogen and oxygen atoms in total. The van der Waals surface area contributed by atoms with Gasteiger partial charge in [0.1, 0.15) is 16.7 Å². The van der Waals surface area contributed by atoms with Crippen LogP contribution in [0.3, 0.4) is 0 Å². The number of aliphatic carboxylic acids is 1. The molecule has 0 aliphatic carbocycles. The molecule has 78 heavy (non-hydrogen) atoms. The minimum absolute atomic E-state index is 0.0140. The van der Waals surface area contributed by atoms with Gasteiger partial charge in [-0.1, -0.05) is 6.08 Å². The first-order valence-corrected chi connectivity index (χ1v) is 30.4. The molecule has 4 rings (SSSR count). The standard InChI is InChI=1S/C52H80N2O21S3/c1-51(17-21-68-27-29-72-35-37-74-33-31-70-25-23-66-3)44-40-42(77(60,61)62)13-15-46(44)53(19-7-5-6-12-50(55)56)48(51)10-8-11-49-52(2,18-22-69-28-30-73-36-38-75-34-32-71-26-24-67-4)45-41-43(78(63,64)65)14-16-47(45)54(49)20-9-39-76(57,58)59/h8,10-11,13-16,40-41H,5-7,9,12,17-39H2,1-4H3,(H3-,55,56,57,58,59,60,61,62,63,64,65). The Bertz CT molecular complexity index is 2610. The van der Waals surface area contributed by atoms with Crippen LogP contribution in [-0.2, 0) is 93.3 Å². The fraction of sp³-hybridized carbons (Fsp3) is 0.654. The van der Waals surface area contributed by atoms with Gasteiger partial charge in [0.2, 0.25) is 5.69 Å². The van der Waals surface area contributed by atoms with Crippen LogP contribution in [0.25, 0.3) is 0 Å². The Morgan fingerprint density at radius 3 is 1.56 bits per heavy atom. The zero-order chi connectivity index (χ0) is 57.1. The van der Waals surface area contributed by atoms with E-state index in [1.807, 2.05) is 35.5 Å². The summed E-state index contributed by atoms with van der Waals surface area (Å²) in [7, 11) is -10.8. The number of rotatable bonds is 44. The summed E-state index contributed by atoms with van der Waals surface area (Å²) in [6.07, 6.45) is 7.54. The van der Waals surface area contributed by atoms with Crippen LogP contribution in [0.1, 0.15) is 69.9 Å². The molecular weight excluding hydrogens is 1080 g/mol. The van der Waals surface area contributed by atoms with Crippen LogP contribution >= 0.6 is 0 Å². The smallest absolute Gasteiger partial charge is 0.303 e. The van der Waals surface area contributed by atoms with E-state index in [2.05, 4.69) is 0 Å². The largest absolute Gasteiger partial charge is 0.744 e. The second kappa shape index (κ2) is 33.8. The van der Waals surface area contributed by atoms with Crippen molar-refractivity contribution >= 4 is 53.4 Å². The number of allylic oxidation sites excluding steroid dienone is 4. The van der Waals surface area contributed by atoms with Gasteiger partial charge in [0.15, 0.2) is 5.71 Å². The first-order valence-electron chi connectivity index (χ1n) is 26.0. The number of hydrogen-bond acceptors (Lipinski definition) is 19. The number of unbranched alkanes of at least 4 members (excludes halogenated alkanes) is 2. The highest BCUT2D eigenvalue weighted by Crippen LogP contribution is 2.51. The van der Waals surface area contributed by atoms with Crippen molar-refractivity contribution in [3.8, 4) is 0 Å². The van der Waals surface area contributed by atoms with Crippen LogP contribution in [0.15, 0.2) is 70.1 Å². The number of ether oxygens (including phenoxy) is 10. The Morgan fingerprint density at radius 1 is 0.615 bits per heavy atom. The molecule has 0 spiro atoms. The second-order valence-electron chi connectivity index (χ2n) is 18.8. The molecule has 2 aliphatic rings. The first kappa shape index (κ1) is 66.7. The summed E-state index contributed by atoms with van der Waals surface area (Å²) in [5.74, 6) is -1.49. The molecule has 2 unspecified atom stereocenters. The molecule has 0 saturated heterocycles. The van der Waals surface area contributed by atoms with Crippen LogP contribution in [-0.4, -0.2) is 212 Å². The highest BCUT2D eigenvalue weighted by Gasteiger charge is 2.48. The van der Waals surface area contributed by atoms with Crippen molar-refractivity contribution in [1.29, 1.82) is 0 Å². The summed E-state index contributed by atoms with van der Waals surface area (Å²) in [6, 6.07) is 8.40. The zero-order valence-electron chi connectivity index (χ0n) is 45.3. The van der Waals surface area contributed by atoms with E-state index in [1.54, 1.807) is 26.4 Å². The Labute approximate surface area is 460 Å². The van der Waals surface area contributed by atoms with Gasteiger partial charge >= 0.3 is 5.97 Å². The molecule has 0 radical (unpaired) electrons. The van der Waals surface area contributed by atoms with Crippen LogP contribution in [0.5, 0.6) is 0 Å². The number of benzene rings is 2. The molecular formula is C52H80N2O21S3. The van der Waals surface area contributed by atoms with Crippen LogP contribution in [0.4, 0.5) is 11.4 Å². The van der Waals surface area contributed by atoms with Gasteiger partial charge in [-0.25, -0.2) is 8.42 Å². The van der Waals surface area contributed by atoms with E-state index >= 15 is 0 Å². The molecule has 2 atom stereocenters. The maximum atomic E-state index is 12.6. The van der Waals surface area contributed by atoms with Gasteiger partial charge < -0.3 is 61.9 Å². The van der Waals surface area contributed by atoms with Gasteiger partial charge in [-0.3, -0.25) is 13.9 Å². The lowest BCUT2D eigenvalue weighted by Gasteiger charge is -2.30. The molecule has 2 heterocycles. The Hall–Kier alpha value is -3.81. The fourth-order valence-electron chi connectivity index (χ4n) is 9.11. The number of hydrogen-bond donors (Lipinski definition) is 3. The third-order valence-corrected chi connectivity index (χ3v) is 15.6. The lowest BCUT2D eigenvalue weighted by Crippen LogP contribution is -2.33. The van der Waals surface area contributed by atoms with Crippen molar-refractivity contribution in [3.05, 3.63) is 71.5 Å². The lowest BCUT2D eigenvalue weighted by molar-refractivity contribution is -0.438. The predicted molar refractivity (Wildman–Crippen MR) is 286 cm³/mol. The molecule has 2 aromatic carbocycles. The molecule has 0 amide bonds. The molecule has 2 aromatic rings. The van der Waals surface area contributed by atoms with Crippen LogP contribution in [0.2, 0.25) is 0 Å². The number of methoxy groups -OCH3 is 2. The number of carboxylic acid groups (broad SMARTS) is 1. The Kier molecular flexibility index (Phi) is 28.9. The topological polar surface area (TPSA) is 302 Å². The van der Waals surface area contributed by atoms with Crippen LogP contribution in [0, 0.1) is 0 Å². The van der Waals surface area contributed by atoms with Crippen molar-refractivity contribution in [2.24, 2.45) is 0 Å². The predicted octanol–water partition coefficient (Wildman–Crippen LogP) is 4.54. The third kappa shape index (κ3) is 21.9. The average molecular weight is 1170 g/mol. The maximum absolute atomic E-state index is 12.6. The van der Waals surface area contributed by atoms with Gasteiger partial charge in [0.05, 0.1) is 127 Å². The highest BCUT2D eigenvalue weighted by atomic mass is 32.2. The third-order valence-electron chi connectivity index (χ3n) is 13.2. The molecule has 3 N–H and O–H groups in total. The van der Waals surface area contributed by atoms with Gasteiger partial charge in [-0.2, -0.15) is 21.4 Å². The number of carbonyl (C=O) groups is 1. The fourth-order valence-corrected chi connectivity index (χ4v) is 10.6. The summed E-state index contributed by atoms with van der Waals surface area (Å²) in [5, 5.41) is 9.32. The second-order valence-corrected chi connectivity index (χ2v) is 23.2. The maximum Gasteiger partial charge on any atom is 0.303 e. The van der Waals surface area contributed by atoms with Gasteiger partial charge in [0.25, 0.3) is 20.2 Å². The minimum Gasteiger partial charge on any atom is -0.744 e. The molecule has 0 bridgehead atoms. The summed E-state index contributed by atoms with van der Waals surface area (Å²) in [5.41, 5.74) is 1.52. The number of fused-ring (bicyclic) bond motifs is 2. The van der Waals surface area contributed by atoms with E-state index < -0.39 is 57.8 Å². The Morgan fingerprint density at radius 2 is 1.09 bits per heavy atom. The number of anilines is 1. The molecule has 26 heteroatoms. The summed E-state index contributed by atoms with van der Waals surface area (Å²) < 4.78 is 164. The van der Waals surface area contributed by atoms with E-state index in [-0.39, 0.29) is 70.3 Å². The van der Waals surface area contributed by atoms with Crippen molar-refractivity contribution in [2.45, 2.75) is 79.4 Å². The normalized spacial score (nSPS) is 18.2. The molecule has 0 aromatic heterocycles. The molecule has 0 fully saturated rings. The number of nitrogens with zero attached hydrogens (tertiary/aromatic N) is 2. The van der Waals surface area contributed by atoms with Crippen molar-refractivity contribution in [2.75, 3.05) is 157 Å². The van der Waals surface area contributed by atoms with Crippen molar-refractivity contribution in [3.63, 3.8) is 0 Å². The average Bonchev–Trinajstić information content (AvgIpc) is 4.03. The summed E-state index contributed by atoms with van der Waals surface area (Å²) >= 11 is 0. The molecule has 0 saturated carbocycles. The van der Waals surface area contributed by atoms with Gasteiger partial charge in [-0.15, -0.1) is 0 Å². The van der Waals surface area contributed by atoms with Crippen molar-refractivity contribution in [1.82, 2.24) is 0 Å². The Balaban J connectivity index is 1.67. The minimum atomic E-state index is -4.92. The van der Waals surface area contributed by atoms with E-state index in [0.717, 1.165) is 0 Å². The first-order chi connectivity index (χ1) is 37.2. The molecule has 2 aliphatic heterocycles. The zero-order valence-corrected chi connectivity index (χ0v) is 47.8. The summed E-state index contributed by atoms with van der Waals surface area (Å²) in [4.78, 5) is 12.4. The monoisotopic (exact) mass is 1160 g/mol. The van der Waals surface area contributed by atoms with Gasteiger partial charge in [0, 0.05) is 81.3 Å². The lowest BCUT2D eigenvalue weighted by atomic mass is 9.76. The van der Waals surface area contributed by atoms with E-state index in [4.69, 9.17) is 47.4 Å². The van der Waals surface area contributed by atoms with E-state index in [9.17, 15) is 48.8 Å². The highest BCUT2D eigenvalue weighted by molar-refractivity contribution is 7.86. The van der Waals surface area contributed by atoms with Crippen LogP contribution < -0.4 is 4.90 Å². The summed E-state index contributed by atoms with van der Waals surface area (Å²) in [6.45, 7) is 10.5. The quantitative estimate of drug-likeness (QED) is 0.0466. The number of carboxylic acids is 1. The van der Waals surface area contributed by atoms with E-state index in [0.29, 0.717) is 145 Å².